The molecule has 3 atom stereocenters. The van der Waals surface area contributed by atoms with Crippen LogP contribution in [0, 0.1) is 11.8 Å². The Bertz CT molecular complexity index is 711. The van der Waals surface area contributed by atoms with Crippen molar-refractivity contribution in [1.82, 2.24) is 9.80 Å². The monoisotopic (exact) mass is 356 g/mol. The summed E-state index contributed by atoms with van der Waals surface area (Å²) >= 11 is 1.98. The van der Waals surface area contributed by atoms with Gasteiger partial charge in [0.2, 0.25) is 0 Å². The molecule has 2 fully saturated rings. The van der Waals surface area contributed by atoms with Gasteiger partial charge in [-0.25, -0.2) is 0 Å². The van der Waals surface area contributed by atoms with E-state index in [-0.39, 0.29) is 0 Å². The third kappa shape index (κ3) is 3.35. The maximum absolute atomic E-state index is 5.32. The summed E-state index contributed by atoms with van der Waals surface area (Å²) in [6, 6.07) is 13.9. The van der Waals surface area contributed by atoms with Gasteiger partial charge >= 0.3 is 0 Å². The highest BCUT2D eigenvalue weighted by Gasteiger charge is 2.45. The van der Waals surface area contributed by atoms with Crippen LogP contribution in [-0.2, 0) is 13.0 Å². The van der Waals surface area contributed by atoms with Gasteiger partial charge in [0.05, 0.1) is 7.11 Å². The Morgan fingerprint density at radius 2 is 1.80 bits per heavy atom. The van der Waals surface area contributed by atoms with Crippen LogP contribution in [0.5, 0.6) is 5.75 Å². The van der Waals surface area contributed by atoms with E-state index in [0.29, 0.717) is 6.04 Å². The Labute approximate surface area is 155 Å². The molecular weight excluding hydrogens is 328 g/mol. The van der Waals surface area contributed by atoms with E-state index < -0.39 is 0 Å². The van der Waals surface area contributed by atoms with Gasteiger partial charge < -0.3 is 4.74 Å². The molecule has 0 aliphatic carbocycles. The topological polar surface area (TPSA) is 15.7 Å². The van der Waals surface area contributed by atoms with E-state index in [2.05, 4.69) is 60.2 Å². The van der Waals surface area contributed by atoms with Crippen molar-refractivity contribution >= 4 is 11.3 Å². The lowest BCUT2D eigenvalue weighted by Gasteiger charge is -2.26. The van der Waals surface area contributed by atoms with Crippen LogP contribution in [0.3, 0.4) is 0 Å². The third-order valence-electron chi connectivity index (χ3n) is 5.87. The number of ether oxygens (including phenoxy) is 1. The number of benzene rings is 1. The molecule has 2 aromatic rings. The van der Waals surface area contributed by atoms with Gasteiger partial charge in [0, 0.05) is 42.0 Å². The summed E-state index contributed by atoms with van der Waals surface area (Å²) in [4.78, 5) is 8.25. The molecule has 2 aliphatic heterocycles. The predicted octanol–water partition coefficient (Wildman–Crippen LogP) is 4.05. The molecule has 2 saturated heterocycles. The Hall–Kier alpha value is -1.36. The quantitative estimate of drug-likeness (QED) is 0.804. The molecule has 0 spiro atoms. The van der Waals surface area contributed by atoms with Crippen molar-refractivity contribution in [2.24, 2.45) is 11.8 Å². The average Bonchev–Trinajstić information content (AvgIpc) is 3.30. The molecule has 134 valence electrons. The van der Waals surface area contributed by atoms with Crippen LogP contribution in [0.1, 0.15) is 28.3 Å². The van der Waals surface area contributed by atoms with E-state index in [9.17, 15) is 0 Å². The lowest BCUT2D eigenvalue weighted by Crippen LogP contribution is -2.28. The first-order valence-corrected chi connectivity index (χ1v) is 10.1. The van der Waals surface area contributed by atoms with Gasteiger partial charge in [0.15, 0.2) is 0 Å². The van der Waals surface area contributed by atoms with Crippen molar-refractivity contribution in [1.29, 1.82) is 0 Å². The van der Waals surface area contributed by atoms with E-state index in [4.69, 9.17) is 4.74 Å². The molecule has 1 aromatic carbocycles. The molecule has 3 heterocycles. The fourth-order valence-electron chi connectivity index (χ4n) is 4.70. The SMILES string of the molecule is CCc1ccc(CN2C[C@@H]3CN(C)[C@@H](c4ccc(OC)cc4)[C@@H]3C2)s1. The molecular formula is C21H28N2OS. The summed E-state index contributed by atoms with van der Waals surface area (Å²) in [7, 11) is 4.01. The van der Waals surface area contributed by atoms with Crippen LogP contribution >= 0.6 is 11.3 Å². The number of fused-ring (bicyclic) bond motifs is 1. The first-order chi connectivity index (χ1) is 12.2. The number of methoxy groups -OCH3 is 1. The smallest absolute Gasteiger partial charge is 0.118 e. The summed E-state index contributed by atoms with van der Waals surface area (Å²) in [5.74, 6) is 2.48. The molecule has 1 aromatic heterocycles. The second-order valence-corrected chi connectivity index (χ2v) is 8.75. The third-order valence-corrected chi connectivity index (χ3v) is 7.09. The fourth-order valence-corrected chi connectivity index (χ4v) is 5.70. The molecule has 0 unspecified atom stereocenters. The van der Waals surface area contributed by atoms with E-state index in [1.54, 1.807) is 7.11 Å². The van der Waals surface area contributed by atoms with E-state index in [1.807, 2.05) is 11.3 Å². The van der Waals surface area contributed by atoms with E-state index in [1.165, 1.54) is 35.0 Å². The number of likely N-dealkylation sites (tertiary alicyclic amines) is 2. The van der Waals surface area contributed by atoms with Crippen LogP contribution in [0.15, 0.2) is 36.4 Å². The number of hydrogen-bond acceptors (Lipinski definition) is 4. The minimum atomic E-state index is 0.537. The number of hydrogen-bond donors (Lipinski definition) is 0. The van der Waals surface area contributed by atoms with Crippen molar-refractivity contribution in [2.75, 3.05) is 33.8 Å². The highest BCUT2D eigenvalue weighted by Crippen LogP contribution is 2.44. The normalized spacial score (nSPS) is 26.9. The standard InChI is InChI=1S/C21H28N2OS/c1-4-18-9-10-19(25-18)13-23-12-16-11-22(2)21(20(16)14-23)15-5-7-17(24-3)8-6-15/h5-10,16,20-21H,4,11-14H2,1-3H3/t16-,20+,21-/m0/s1. The molecule has 0 amide bonds. The molecule has 0 radical (unpaired) electrons. The highest BCUT2D eigenvalue weighted by atomic mass is 32.1. The molecule has 2 aliphatic rings. The highest BCUT2D eigenvalue weighted by molar-refractivity contribution is 7.11. The molecule has 0 saturated carbocycles. The average molecular weight is 357 g/mol. The minimum absolute atomic E-state index is 0.537. The summed E-state index contributed by atoms with van der Waals surface area (Å²) in [6.07, 6.45) is 1.15. The maximum atomic E-state index is 5.32. The Morgan fingerprint density at radius 3 is 2.48 bits per heavy atom. The van der Waals surface area contributed by atoms with E-state index >= 15 is 0 Å². The van der Waals surface area contributed by atoms with Crippen LogP contribution in [0.25, 0.3) is 0 Å². The lowest BCUT2D eigenvalue weighted by molar-refractivity contribution is 0.225. The fraction of sp³-hybridized carbons (Fsp3) is 0.524. The van der Waals surface area contributed by atoms with E-state index in [0.717, 1.165) is 30.6 Å². The zero-order chi connectivity index (χ0) is 17.4. The van der Waals surface area contributed by atoms with Gasteiger partial charge in [-0.1, -0.05) is 19.1 Å². The number of rotatable bonds is 5. The van der Waals surface area contributed by atoms with Crippen LogP contribution in [0.4, 0.5) is 0 Å². The maximum Gasteiger partial charge on any atom is 0.118 e. The van der Waals surface area contributed by atoms with Crippen LogP contribution in [0.2, 0.25) is 0 Å². The second-order valence-electron chi connectivity index (χ2n) is 7.50. The number of nitrogens with zero attached hydrogens (tertiary/aromatic N) is 2. The summed E-state index contributed by atoms with van der Waals surface area (Å²) in [5.41, 5.74) is 1.43. The first kappa shape index (κ1) is 17.1. The molecule has 0 N–H and O–H groups in total. The van der Waals surface area contributed by atoms with Gasteiger partial charge in [-0.15, -0.1) is 11.3 Å². The Kier molecular flexibility index (Phi) is 4.85. The molecule has 4 rings (SSSR count). The van der Waals surface area contributed by atoms with Crippen molar-refractivity contribution < 1.29 is 4.74 Å². The minimum Gasteiger partial charge on any atom is -0.497 e. The van der Waals surface area contributed by atoms with Crippen molar-refractivity contribution in [3.05, 3.63) is 51.7 Å². The number of thiophene rings is 1. The van der Waals surface area contributed by atoms with Gasteiger partial charge in [-0.2, -0.15) is 0 Å². The van der Waals surface area contributed by atoms with Crippen molar-refractivity contribution in [3.8, 4) is 5.75 Å². The van der Waals surface area contributed by atoms with Gasteiger partial charge in [0.25, 0.3) is 0 Å². The Balaban J connectivity index is 1.46. The lowest BCUT2D eigenvalue weighted by atomic mass is 9.89. The second kappa shape index (κ2) is 7.10. The number of aryl methyl sites for hydroxylation is 1. The molecule has 25 heavy (non-hydrogen) atoms. The zero-order valence-electron chi connectivity index (χ0n) is 15.4. The van der Waals surface area contributed by atoms with Crippen LogP contribution < -0.4 is 4.74 Å². The predicted molar refractivity (Wildman–Crippen MR) is 104 cm³/mol. The van der Waals surface area contributed by atoms with Crippen molar-refractivity contribution in [3.63, 3.8) is 0 Å². The summed E-state index contributed by atoms with van der Waals surface area (Å²) in [5, 5.41) is 0. The van der Waals surface area contributed by atoms with Gasteiger partial charge in [-0.3, -0.25) is 9.80 Å². The first-order valence-electron chi connectivity index (χ1n) is 9.32. The van der Waals surface area contributed by atoms with Crippen molar-refractivity contribution in [2.45, 2.75) is 25.9 Å². The molecule has 3 nitrogen and oxygen atoms in total. The summed E-state index contributed by atoms with van der Waals surface area (Å²) < 4.78 is 5.32. The largest absolute Gasteiger partial charge is 0.497 e. The van der Waals surface area contributed by atoms with Gasteiger partial charge in [0.1, 0.15) is 5.75 Å². The van der Waals surface area contributed by atoms with Crippen LogP contribution in [-0.4, -0.2) is 43.6 Å². The molecule has 4 heteroatoms. The van der Waals surface area contributed by atoms with Gasteiger partial charge in [-0.05, 0) is 55.1 Å². The summed E-state index contributed by atoms with van der Waals surface area (Å²) in [6.45, 7) is 7.02. The molecule has 0 bridgehead atoms. The Morgan fingerprint density at radius 1 is 1.04 bits per heavy atom. The zero-order valence-corrected chi connectivity index (χ0v) is 16.3.